The smallest absolute Gasteiger partial charge is 0.180 e. The highest BCUT2D eigenvalue weighted by Crippen LogP contribution is 2.22. The SMILES string of the molecule is Cc1nc(N)sc1Cc1cccnc1. The molecule has 2 heterocycles. The third-order valence-electron chi connectivity index (χ3n) is 2.00. The van der Waals surface area contributed by atoms with Gasteiger partial charge in [-0.15, -0.1) is 11.3 Å². The molecule has 0 aliphatic heterocycles. The van der Waals surface area contributed by atoms with Gasteiger partial charge < -0.3 is 5.73 Å². The Labute approximate surface area is 86.6 Å². The number of nitrogen functional groups attached to an aromatic ring is 1. The molecule has 2 rings (SSSR count). The number of hydrogen-bond acceptors (Lipinski definition) is 4. The van der Waals surface area contributed by atoms with E-state index in [1.54, 1.807) is 17.5 Å². The molecule has 3 nitrogen and oxygen atoms in total. The van der Waals surface area contributed by atoms with Crippen molar-refractivity contribution in [3.63, 3.8) is 0 Å². The Hall–Kier alpha value is -1.42. The van der Waals surface area contributed by atoms with Crippen molar-refractivity contribution in [2.45, 2.75) is 13.3 Å². The first kappa shape index (κ1) is 9.15. The van der Waals surface area contributed by atoms with Gasteiger partial charge in [-0.25, -0.2) is 4.98 Å². The third-order valence-corrected chi connectivity index (χ3v) is 2.98. The number of nitrogens with two attached hydrogens (primary N) is 1. The van der Waals surface area contributed by atoms with Crippen LogP contribution < -0.4 is 5.73 Å². The van der Waals surface area contributed by atoms with Crippen LogP contribution in [0.25, 0.3) is 0 Å². The fourth-order valence-corrected chi connectivity index (χ4v) is 2.17. The Balaban J connectivity index is 2.23. The van der Waals surface area contributed by atoms with E-state index in [1.165, 1.54) is 10.4 Å². The lowest BCUT2D eigenvalue weighted by atomic mass is 10.2. The first-order chi connectivity index (χ1) is 6.75. The zero-order valence-corrected chi connectivity index (χ0v) is 8.71. The number of rotatable bonds is 2. The molecular formula is C10H11N3S. The molecule has 2 aromatic rings. The van der Waals surface area contributed by atoms with Gasteiger partial charge in [-0.3, -0.25) is 4.98 Å². The summed E-state index contributed by atoms with van der Waals surface area (Å²) in [6.45, 7) is 1.98. The highest BCUT2D eigenvalue weighted by atomic mass is 32.1. The van der Waals surface area contributed by atoms with Gasteiger partial charge in [0.15, 0.2) is 5.13 Å². The van der Waals surface area contributed by atoms with Crippen molar-refractivity contribution in [1.82, 2.24) is 9.97 Å². The molecule has 0 aromatic carbocycles. The Morgan fingerprint density at radius 3 is 2.93 bits per heavy atom. The minimum Gasteiger partial charge on any atom is -0.375 e. The average molecular weight is 205 g/mol. The number of aryl methyl sites for hydroxylation is 1. The van der Waals surface area contributed by atoms with Crippen LogP contribution in [0.5, 0.6) is 0 Å². The number of hydrogen-bond donors (Lipinski definition) is 1. The van der Waals surface area contributed by atoms with Crippen LogP contribution in [0.2, 0.25) is 0 Å². The summed E-state index contributed by atoms with van der Waals surface area (Å²) in [6.07, 6.45) is 4.52. The van der Waals surface area contributed by atoms with Crippen molar-refractivity contribution >= 4 is 16.5 Å². The molecule has 0 aliphatic carbocycles. The maximum absolute atomic E-state index is 5.62. The molecule has 14 heavy (non-hydrogen) atoms. The lowest BCUT2D eigenvalue weighted by Gasteiger charge is -1.97. The second-order valence-corrected chi connectivity index (χ2v) is 4.21. The maximum Gasteiger partial charge on any atom is 0.180 e. The van der Waals surface area contributed by atoms with Crippen molar-refractivity contribution < 1.29 is 0 Å². The van der Waals surface area contributed by atoms with E-state index in [2.05, 4.69) is 16.0 Å². The summed E-state index contributed by atoms with van der Waals surface area (Å²) in [5, 5.41) is 0.640. The molecule has 0 fully saturated rings. The van der Waals surface area contributed by atoms with Crippen molar-refractivity contribution in [3.05, 3.63) is 40.7 Å². The van der Waals surface area contributed by atoms with E-state index in [4.69, 9.17) is 5.73 Å². The van der Waals surface area contributed by atoms with Crippen LogP contribution in [-0.2, 0) is 6.42 Å². The first-order valence-corrected chi connectivity index (χ1v) is 5.18. The molecule has 0 saturated carbocycles. The van der Waals surface area contributed by atoms with Gasteiger partial charge in [-0.2, -0.15) is 0 Å². The summed E-state index contributed by atoms with van der Waals surface area (Å²) in [5.74, 6) is 0. The lowest BCUT2D eigenvalue weighted by Crippen LogP contribution is -1.88. The predicted octanol–water partition coefficient (Wildman–Crippen LogP) is 2.02. The van der Waals surface area contributed by atoms with Crippen LogP contribution in [-0.4, -0.2) is 9.97 Å². The second-order valence-electron chi connectivity index (χ2n) is 3.10. The molecule has 0 amide bonds. The largest absolute Gasteiger partial charge is 0.375 e. The highest BCUT2D eigenvalue weighted by Gasteiger charge is 2.05. The minimum atomic E-state index is 0.640. The number of thiazole rings is 1. The highest BCUT2D eigenvalue weighted by molar-refractivity contribution is 7.15. The van der Waals surface area contributed by atoms with E-state index in [0.717, 1.165) is 12.1 Å². The van der Waals surface area contributed by atoms with Gasteiger partial charge in [0.2, 0.25) is 0 Å². The molecule has 0 saturated heterocycles. The number of aromatic nitrogens is 2. The Kier molecular flexibility index (Phi) is 2.45. The summed E-state index contributed by atoms with van der Waals surface area (Å²) in [5.41, 5.74) is 7.84. The van der Waals surface area contributed by atoms with Crippen LogP contribution in [0.3, 0.4) is 0 Å². The maximum atomic E-state index is 5.62. The number of pyridine rings is 1. The molecule has 2 N–H and O–H groups in total. The first-order valence-electron chi connectivity index (χ1n) is 4.36. The topological polar surface area (TPSA) is 51.8 Å². The molecular weight excluding hydrogens is 194 g/mol. The molecule has 0 radical (unpaired) electrons. The van der Waals surface area contributed by atoms with Crippen LogP contribution >= 0.6 is 11.3 Å². The zero-order valence-electron chi connectivity index (χ0n) is 7.90. The molecule has 0 spiro atoms. The van der Waals surface area contributed by atoms with Gasteiger partial charge in [-0.05, 0) is 18.6 Å². The van der Waals surface area contributed by atoms with Gasteiger partial charge in [0.05, 0.1) is 5.69 Å². The molecule has 0 bridgehead atoms. The predicted molar refractivity (Wildman–Crippen MR) is 58.3 cm³/mol. The van der Waals surface area contributed by atoms with Crippen LogP contribution in [0, 0.1) is 6.92 Å². The Morgan fingerprint density at radius 1 is 1.50 bits per heavy atom. The summed E-state index contributed by atoms with van der Waals surface area (Å²) >= 11 is 1.55. The molecule has 4 heteroatoms. The Bertz CT molecular complexity index is 422. The van der Waals surface area contributed by atoms with Crippen LogP contribution in [0.4, 0.5) is 5.13 Å². The van der Waals surface area contributed by atoms with Crippen molar-refractivity contribution in [1.29, 1.82) is 0 Å². The van der Waals surface area contributed by atoms with E-state index in [0.29, 0.717) is 5.13 Å². The Morgan fingerprint density at radius 2 is 2.36 bits per heavy atom. The molecule has 2 aromatic heterocycles. The number of anilines is 1. The van der Waals surface area contributed by atoms with Gasteiger partial charge in [0, 0.05) is 23.7 Å². The van der Waals surface area contributed by atoms with Gasteiger partial charge >= 0.3 is 0 Å². The summed E-state index contributed by atoms with van der Waals surface area (Å²) < 4.78 is 0. The summed E-state index contributed by atoms with van der Waals surface area (Å²) in [6, 6.07) is 4.00. The van der Waals surface area contributed by atoms with E-state index < -0.39 is 0 Å². The fraction of sp³-hybridized carbons (Fsp3) is 0.200. The van der Waals surface area contributed by atoms with E-state index in [9.17, 15) is 0 Å². The summed E-state index contributed by atoms with van der Waals surface area (Å²) in [4.78, 5) is 9.47. The molecule has 0 atom stereocenters. The standard InChI is InChI=1S/C10H11N3S/c1-7-9(14-10(11)13-7)5-8-3-2-4-12-6-8/h2-4,6H,5H2,1H3,(H2,11,13). The average Bonchev–Trinajstić information content (AvgIpc) is 2.47. The van der Waals surface area contributed by atoms with Gasteiger partial charge in [-0.1, -0.05) is 6.07 Å². The second kappa shape index (κ2) is 3.75. The van der Waals surface area contributed by atoms with Crippen LogP contribution in [0.15, 0.2) is 24.5 Å². The quantitative estimate of drug-likeness (QED) is 0.816. The van der Waals surface area contributed by atoms with Crippen molar-refractivity contribution in [3.8, 4) is 0 Å². The zero-order chi connectivity index (χ0) is 9.97. The van der Waals surface area contributed by atoms with Crippen LogP contribution in [0.1, 0.15) is 16.1 Å². The normalized spacial score (nSPS) is 10.4. The lowest BCUT2D eigenvalue weighted by molar-refractivity contribution is 1.12. The fourth-order valence-electron chi connectivity index (χ4n) is 1.30. The van der Waals surface area contributed by atoms with Crippen molar-refractivity contribution in [2.75, 3.05) is 5.73 Å². The minimum absolute atomic E-state index is 0.640. The van der Waals surface area contributed by atoms with Gasteiger partial charge in [0.1, 0.15) is 0 Å². The number of nitrogens with zero attached hydrogens (tertiary/aromatic N) is 2. The van der Waals surface area contributed by atoms with Gasteiger partial charge in [0.25, 0.3) is 0 Å². The monoisotopic (exact) mass is 205 g/mol. The van der Waals surface area contributed by atoms with Crippen molar-refractivity contribution in [2.24, 2.45) is 0 Å². The molecule has 72 valence electrons. The molecule has 0 unspecified atom stereocenters. The summed E-state index contributed by atoms with van der Waals surface area (Å²) in [7, 11) is 0. The van der Waals surface area contributed by atoms with E-state index in [-0.39, 0.29) is 0 Å². The van der Waals surface area contributed by atoms with E-state index in [1.807, 2.05) is 19.2 Å². The molecule has 0 aliphatic rings. The third kappa shape index (κ3) is 1.90. The van der Waals surface area contributed by atoms with E-state index >= 15 is 0 Å².